The summed E-state index contributed by atoms with van der Waals surface area (Å²) in [4.78, 5) is 12.3. The van der Waals surface area contributed by atoms with Gasteiger partial charge in [0.15, 0.2) is 11.5 Å². The maximum Gasteiger partial charge on any atom is 0.222 e. The fourth-order valence-electron chi connectivity index (χ4n) is 3.60. The SMILES string of the molecule is COc1cc(C(C)NC(=O)CC2COCCN2)ccc1OC1CCCC1. The van der Waals surface area contributed by atoms with E-state index in [-0.39, 0.29) is 24.1 Å². The molecule has 1 aromatic carbocycles. The van der Waals surface area contributed by atoms with Crippen molar-refractivity contribution in [2.75, 3.05) is 26.9 Å². The van der Waals surface area contributed by atoms with Crippen LogP contribution in [0.4, 0.5) is 0 Å². The molecule has 0 aromatic heterocycles. The lowest BCUT2D eigenvalue weighted by molar-refractivity contribution is -0.122. The maximum atomic E-state index is 12.3. The second-order valence-corrected chi connectivity index (χ2v) is 7.15. The summed E-state index contributed by atoms with van der Waals surface area (Å²) < 4.78 is 17.0. The van der Waals surface area contributed by atoms with Gasteiger partial charge in [0.05, 0.1) is 32.5 Å². The fourth-order valence-corrected chi connectivity index (χ4v) is 3.60. The van der Waals surface area contributed by atoms with Gasteiger partial charge in [-0.2, -0.15) is 0 Å². The van der Waals surface area contributed by atoms with Gasteiger partial charge in [0, 0.05) is 19.0 Å². The van der Waals surface area contributed by atoms with Gasteiger partial charge < -0.3 is 24.8 Å². The minimum atomic E-state index is -0.0959. The molecule has 1 aromatic rings. The first-order chi connectivity index (χ1) is 12.7. The Labute approximate surface area is 155 Å². The predicted octanol–water partition coefficient (Wildman–Crippen LogP) is 2.57. The van der Waals surface area contributed by atoms with Crippen molar-refractivity contribution in [3.05, 3.63) is 23.8 Å². The Morgan fingerprint density at radius 1 is 1.35 bits per heavy atom. The summed E-state index contributed by atoms with van der Waals surface area (Å²) >= 11 is 0. The molecule has 2 unspecified atom stereocenters. The number of benzene rings is 1. The van der Waals surface area contributed by atoms with Crippen molar-refractivity contribution in [3.8, 4) is 11.5 Å². The third-order valence-electron chi connectivity index (χ3n) is 5.09. The van der Waals surface area contributed by atoms with Gasteiger partial charge in [0.25, 0.3) is 0 Å². The number of hydrogen-bond acceptors (Lipinski definition) is 5. The molecule has 2 atom stereocenters. The van der Waals surface area contributed by atoms with Crippen LogP contribution in [0.5, 0.6) is 11.5 Å². The first-order valence-corrected chi connectivity index (χ1v) is 9.61. The zero-order valence-corrected chi connectivity index (χ0v) is 15.8. The first kappa shape index (κ1) is 19.0. The molecule has 6 nitrogen and oxygen atoms in total. The van der Waals surface area contributed by atoms with Crippen LogP contribution in [0.15, 0.2) is 18.2 Å². The van der Waals surface area contributed by atoms with Crippen molar-refractivity contribution >= 4 is 5.91 Å². The smallest absolute Gasteiger partial charge is 0.222 e. The molecule has 0 bridgehead atoms. The number of nitrogens with one attached hydrogen (secondary N) is 2. The summed E-state index contributed by atoms with van der Waals surface area (Å²) in [5.41, 5.74) is 1.00. The quantitative estimate of drug-likeness (QED) is 0.780. The fraction of sp³-hybridized carbons (Fsp3) is 0.650. The summed E-state index contributed by atoms with van der Waals surface area (Å²) in [6.07, 6.45) is 5.39. The average Bonchev–Trinajstić information content (AvgIpc) is 3.15. The lowest BCUT2D eigenvalue weighted by Crippen LogP contribution is -2.44. The van der Waals surface area contributed by atoms with Crippen molar-refractivity contribution in [2.45, 2.75) is 57.2 Å². The Kier molecular flexibility index (Phi) is 6.74. The highest BCUT2D eigenvalue weighted by molar-refractivity contribution is 5.77. The monoisotopic (exact) mass is 362 g/mol. The van der Waals surface area contributed by atoms with Crippen LogP contribution in [0, 0.1) is 0 Å². The molecule has 0 spiro atoms. The number of morpholine rings is 1. The molecule has 1 saturated heterocycles. The van der Waals surface area contributed by atoms with Crippen LogP contribution >= 0.6 is 0 Å². The molecule has 1 amide bonds. The van der Waals surface area contributed by atoms with E-state index in [2.05, 4.69) is 10.6 Å². The van der Waals surface area contributed by atoms with Crippen LogP contribution in [0.3, 0.4) is 0 Å². The summed E-state index contributed by atoms with van der Waals surface area (Å²) in [6, 6.07) is 5.90. The van der Waals surface area contributed by atoms with Crippen molar-refractivity contribution in [1.29, 1.82) is 0 Å². The molecule has 2 N–H and O–H groups in total. The molecule has 2 fully saturated rings. The van der Waals surface area contributed by atoms with Crippen LogP contribution < -0.4 is 20.1 Å². The predicted molar refractivity (Wildman–Crippen MR) is 99.7 cm³/mol. The second-order valence-electron chi connectivity index (χ2n) is 7.15. The first-order valence-electron chi connectivity index (χ1n) is 9.61. The topological polar surface area (TPSA) is 68.8 Å². The van der Waals surface area contributed by atoms with Crippen LogP contribution in [-0.2, 0) is 9.53 Å². The van der Waals surface area contributed by atoms with Crippen molar-refractivity contribution < 1.29 is 19.0 Å². The second kappa shape index (κ2) is 9.24. The van der Waals surface area contributed by atoms with E-state index in [1.165, 1.54) is 12.8 Å². The highest BCUT2D eigenvalue weighted by Gasteiger charge is 2.21. The Balaban J connectivity index is 1.57. The molecule has 0 radical (unpaired) electrons. The highest BCUT2D eigenvalue weighted by atomic mass is 16.5. The van der Waals surface area contributed by atoms with E-state index in [4.69, 9.17) is 14.2 Å². The average molecular weight is 362 g/mol. The summed E-state index contributed by atoms with van der Waals surface area (Å²) in [5, 5.41) is 6.36. The van der Waals surface area contributed by atoms with Crippen molar-refractivity contribution in [1.82, 2.24) is 10.6 Å². The Morgan fingerprint density at radius 2 is 2.15 bits per heavy atom. The molecular weight excluding hydrogens is 332 g/mol. The van der Waals surface area contributed by atoms with E-state index in [9.17, 15) is 4.79 Å². The van der Waals surface area contributed by atoms with E-state index in [1.807, 2.05) is 25.1 Å². The molecule has 144 valence electrons. The number of methoxy groups -OCH3 is 1. The standard InChI is InChI=1S/C20H30N2O4/c1-14(22-20(23)12-16-13-25-10-9-21-16)15-7-8-18(19(11-15)24-2)26-17-5-3-4-6-17/h7-8,11,14,16-17,21H,3-6,9-10,12-13H2,1-2H3,(H,22,23). The lowest BCUT2D eigenvalue weighted by atomic mass is 10.1. The van der Waals surface area contributed by atoms with E-state index in [1.54, 1.807) is 7.11 Å². The molecular formula is C20H30N2O4. The van der Waals surface area contributed by atoms with Crippen molar-refractivity contribution in [2.24, 2.45) is 0 Å². The van der Waals surface area contributed by atoms with Gasteiger partial charge in [-0.3, -0.25) is 4.79 Å². The molecule has 3 rings (SSSR count). The number of carbonyl (C=O) groups excluding carboxylic acids is 1. The molecule has 26 heavy (non-hydrogen) atoms. The van der Waals surface area contributed by atoms with Crippen LogP contribution in [0.25, 0.3) is 0 Å². The molecule has 1 saturated carbocycles. The summed E-state index contributed by atoms with van der Waals surface area (Å²) in [6.45, 7) is 4.08. The Morgan fingerprint density at radius 3 is 2.85 bits per heavy atom. The Hall–Kier alpha value is -1.79. The third kappa shape index (κ3) is 5.11. The van der Waals surface area contributed by atoms with Crippen molar-refractivity contribution in [3.63, 3.8) is 0 Å². The Bertz CT molecular complexity index is 595. The zero-order chi connectivity index (χ0) is 18.4. The van der Waals surface area contributed by atoms with E-state index < -0.39 is 0 Å². The number of carbonyl (C=O) groups is 1. The van der Waals surface area contributed by atoms with E-state index >= 15 is 0 Å². The van der Waals surface area contributed by atoms with Crippen LogP contribution in [0.2, 0.25) is 0 Å². The van der Waals surface area contributed by atoms with Crippen LogP contribution in [0.1, 0.15) is 50.6 Å². The van der Waals surface area contributed by atoms with Crippen LogP contribution in [-0.4, -0.2) is 44.9 Å². The minimum absolute atomic E-state index is 0.0192. The maximum absolute atomic E-state index is 12.3. The largest absolute Gasteiger partial charge is 0.493 e. The molecule has 1 aliphatic heterocycles. The third-order valence-corrected chi connectivity index (χ3v) is 5.09. The number of rotatable bonds is 7. The van der Waals surface area contributed by atoms with Gasteiger partial charge in [0.1, 0.15) is 0 Å². The van der Waals surface area contributed by atoms with Gasteiger partial charge in [-0.25, -0.2) is 0 Å². The van der Waals surface area contributed by atoms with Gasteiger partial charge in [-0.15, -0.1) is 0 Å². The van der Waals surface area contributed by atoms with Gasteiger partial charge in [0.2, 0.25) is 5.91 Å². The zero-order valence-electron chi connectivity index (χ0n) is 15.8. The number of amides is 1. The minimum Gasteiger partial charge on any atom is -0.493 e. The van der Waals surface area contributed by atoms with Gasteiger partial charge in [-0.05, 0) is 50.3 Å². The van der Waals surface area contributed by atoms with E-state index in [0.29, 0.717) is 19.6 Å². The lowest BCUT2D eigenvalue weighted by Gasteiger charge is -2.24. The summed E-state index contributed by atoms with van der Waals surface area (Å²) in [5.74, 6) is 1.52. The molecule has 1 heterocycles. The number of hydrogen-bond donors (Lipinski definition) is 2. The normalized spacial score (nSPS) is 22.0. The number of ether oxygens (including phenoxy) is 3. The molecule has 1 aliphatic carbocycles. The molecule has 2 aliphatic rings. The molecule has 6 heteroatoms. The highest BCUT2D eigenvalue weighted by Crippen LogP contribution is 2.33. The van der Waals surface area contributed by atoms with Gasteiger partial charge in [-0.1, -0.05) is 6.07 Å². The van der Waals surface area contributed by atoms with E-state index in [0.717, 1.165) is 36.4 Å². The van der Waals surface area contributed by atoms with Gasteiger partial charge >= 0.3 is 0 Å². The summed E-state index contributed by atoms with van der Waals surface area (Å²) in [7, 11) is 1.65.